The zero-order valence-electron chi connectivity index (χ0n) is 14.8. The van der Waals surface area contributed by atoms with E-state index in [1.54, 1.807) is 21.9 Å². The van der Waals surface area contributed by atoms with Crippen LogP contribution >= 0.6 is 0 Å². The van der Waals surface area contributed by atoms with E-state index in [1.807, 2.05) is 24.3 Å². The molecule has 7 heteroatoms. The van der Waals surface area contributed by atoms with Crippen molar-refractivity contribution in [1.82, 2.24) is 0 Å². The summed E-state index contributed by atoms with van der Waals surface area (Å²) in [4.78, 5) is 20.4. The first-order chi connectivity index (χ1) is 13.1. The van der Waals surface area contributed by atoms with Crippen LogP contribution in [-0.2, 0) is 11.2 Å². The summed E-state index contributed by atoms with van der Waals surface area (Å²) >= 11 is 0. The predicted molar refractivity (Wildman–Crippen MR) is 103 cm³/mol. The van der Waals surface area contributed by atoms with Gasteiger partial charge < -0.3 is 10.5 Å². The molecule has 0 aromatic heterocycles. The first-order valence-electron chi connectivity index (χ1n) is 9.00. The predicted octanol–water partition coefficient (Wildman–Crippen LogP) is 2.92. The number of ether oxygens (including phenoxy) is 1. The van der Waals surface area contributed by atoms with Crippen molar-refractivity contribution in [1.29, 1.82) is 0 Å². The van der Waals surface area contributed by atoms with E-state index in [2.05, 4.69) is 4.99 Å². The van der Waals surface area contributed by atoms with Gasteiger partial charge in [-0.05, 0) is 54.8 Å². The first-order valence-corrected chi connectivity index (χ1v) is 9.00. The molecule has 2 heterocycles. The second kappa shape index (κ2) is 7.26. The van der Waals surface area contributed by atoms with Gasteiger partial charge in [-0.2, -0.15) is 0 Å². The van der Waals surface area contributed by atoms with Crippen LogP contribution in [0.4, 0.5) is 20.6 Å². The average molecular weight is 368 g/mol. The minimum absolute atomic E-state index is 0.0951. The lowest BCUT2D eigenvalue weighted by Gasteiger charge is -2.19. The number of urea groups is 1. The number of nitrogens with two attached hydrogens (primary N) is 1. The van der Waals surface area contributed by atoms with E-state index in [1.165, 1.54) is 17.7 Å². The number of benzene rings is 2. The maximum absolute atomic E-state index is 13.1. The number of anilines is 2. The third-order valence-electron chi connectivity index (χ3n) is 4.89. The summed E-state index contributed by atoms with van der Waals surface area (Å²) in [5, 5.41) is 0. The Morgan fingerprint density at radius 1 is 1.04 bits per heavy atom. The highest BCUT2D eigenvalue weighted by molar-refractivity contribution is 6.06. The highest BCUT2D eigenvalue weighted by Gasteiger charge is 2.30. The van der Waals surface area contributed by atoms with E-state index < -0.39 is 0 Å². The number of hydrogen-bond donors (Lipinski definition) is 1. The molecule has 2 aliphatic rings. The summed E-state index contributed by atoms with van der Waals surface area (Å²) in [5.74, 6) is -0.310. The smallest absolute Gasteiger partial charge is 0.329 e. The SMILES string of the molecule is NC1=N[C@@H](CCc2ccc(N3CCN(c4ccc(F)cc4)C3=O)cc2)CO1. The molecule has 0 bridgehead atoms. The van der Waals surface area contributed by atoms with Gasteiger partial charge in [-0.1, -0.05) is 12.1 Å². The molecule has 2 aromatic carbocycles. The van der Waals surface area contributed by atoms with Crippen molar-refractivity contribution in [3.63, 3.8) is 0 Å². The minimum Gasteiger partial charge on any atom is -0.463 e. The number of carbonyl (C=O) groups is 1. The number of halogens is 1. The zero-order valence-corrected chi connectivity index (χ0v) is 14.8. The van der Waals surface area contributed by atoms with Gasteiger partial charge in [-0.25, -0.2) is 14.2 Å². The van der Waals surface area contributed by atoms with Crippen molar-refractivity contribution in [2.45, 2.75) is 18.9 Å². The fourth-order valence-corrected chi connectivity index (χ4v) is 3.40. The third-order valence-corrected chi connectivity index (χ3v) is 4.89. The van der Waals surface area contributed by atoms with Crippen molar-refractivity contribution in [3.05, 3.63) is 59.9 Å². The van der Waals surface area contributed by atoms with Crippen molar-refractivity contribution in [3.8, 4) is 0 Å². The van der Waals surface area contributed by atoms with E-state index >= 15 is 0 Å². The lowest BCUT2D eigenvalue weighted by atomic mass is 10.1. The summed E-state index contributed by atoms with van der Waals surface area (Å²) < 4.78 is 18.3. The van der Waals surface area contributed by atoms with Crippen molar-refractivity contribution in [2.24, 2.45) is 10.7 Å². The molecular formula is C20H21FN4O2. The molecule has 2 aliphatic heterocycles. The normalized spacial score (nSPS) is 19.4. The van der Waals surface area contributed by atoms with Gasteiger partial charge in [0, 0.05) is 24.5 Å². The Morgan fingerprint density at radius 2 is 1.63 bits per heavy atom. The van der Waals surface area contributed by atoms with E-state index in [9.17, 15) is 9.18 Å². The van der Waals surface area contributed by atoms with Crippen LogP contribution in [0.25, 0.3) is 0 Å². The van der Waals surface area contributed by atoms with Gasteiger partial charge in [0.05, 0.1) is 6.04 Å². The second-order valence-electron chi connectivity index (χ2n) is 6.70. The van der Waals surface area contributed by atoms with Crippen molar-refractivity contribution in [2.75, 3.05) is 29.5 Å². The Bertz CT molecular complexity index is 851. The summed E-state index contributed by atoms with van der Waals surface area (Å²) in [5.41, 5.74) is 8.28. The molecule has 27 heavy (non-hydrogen) atoms. The van der Waals surface area contributed by atoms with Crippen LogP contribution in [0.3, 0.4) is 0 Å². The number of rotatable bonds is 5. The number of nitrogens with zero attached hydrogens (tertiary/aromatic N) is 3. The Kier molecular flexibility index (Phi) is 4.66. The molecule has 2 aromatic rings. The summed E-state index contributed by atoms with van der Waals surface area (Å²) in [6.45, 7) is 1.72. The number of carbonyl (C=O) groups excluding carboxylic acids is 1. The fourth-order valence-electron chi connectivity index (χ4n) is 3.40. The molecular weight excluding hydrogens is 347 g/mol. The molecule has 4 rings (SSSR count). The maximum Gasteiger partial charge on any atom is 0.329 e. The molecule has 1 atom stereocenters. The lowest BCUT2D eigenvalue weighted by molar-refractivity contribution is 0.256. The molecule has 0 unspecified atom stereocenters. The molecule has 1 fully saturated rings. The quantitative estimate of drug-likeness (QED) is 0.882. The molecule has 140 valence electrons. The fraction of sp³-hybridized carbons (Fsp3) is 0.300. The van der Waals surface area contributed by atoms with Crippen LogP contribution in [0.15, 0.2) is 53.5 Å². The minimum atomic E-state index is -0.310. The van der Waals surface area contributed by atoms with Gasteiger partial charge in [0.2, 0.25) is 0 Å². The van der Waals surface area contributed by atoms with Crippen LogP contribution in [0.1, 0.15) is 12.0 Å². The average Bonchev–Trinajstić information content (AvgIpc) is 3.27. The number of aryl methyl sites for hydroxylation is 1. The number of aliphatic imine (C=N–C) groups is 1. The van der Waals surface area contributed by atoms with E-state index in [4.69, 9.17) is 10.5 Å². The van der Waals surface area contributed by atoms with Gasteiger partial charge in [-0.15, -0.1) is 0 Å². The van der Waals surface area contributed by atoms with Crippen molar-refractivity contribution >= 4 is 23.4 Å². The number of amides is 2. The van der Waals surface area contributed by atoms with Crippen molar-refractivity contribution < 1.29 is 13.9 Å². The molecule has 0 spiro atoms. The zero-order chi connectivity index (χ0) is 18.8. The summed E-state index contributed by atoms with van der Waals surface area (Å²) in [6.07, 6.45) is 1.75. The Labute approximate surface area is 157 Å². The van der Waals surface area contributed by atoms with E-state index in [0.29, 0.717) is 25.4 Å². The van der Waals surface area contributed by atoms with Crippen LogP contribution in [0.2, 0.25) is 0 Å². The highest BCUT2D eigenvalue weighted by Crippen LogP contribution is 2.26. The molecule has 0 radical (unpaired) electrons. The molecule has 1 saturated heterocycles. The van der Waals surface area contributed by atoms with Crippen LogP contribution in [-0.4, -0.2) is 37.8 Å². The van der Waals surface area contributed by atoms with Gasteiger partial charge in [0.15, 0.2) is 0 Å². The van der Waals surface area contributed by atoms with Crippen LogP contribution in [0, 0.1) is 5.82 Å². The lowest BCUT2D eigenvalue weighted by Crippen LogP contribution is -2.31. The number of amidine groups is 1. The standard InChI is InChI=1S/C20H21FN4O2/c21-15-4-9-18(10-5-15)25-12-11-24(20(25)26)17-7-2-14(3-8-17)1-6-16-13-27-19(22)23-16/h2-5,7-10,16H,1,6,11-13H2,(H2,22,23)/t16-/m0/s1. The third kappa shape index (κ3) is 3.72. The molecule has 2 amide bonds. The molecule has 0 saturated carbocycles. The summed E-state index contributed by atoms with van der Waals surface area (Å²) in [7, 11) is 0. The first kappa shape index (κ1) is 17.3. The van der Waals surface area contributed by atoms with Crippen LogP contribution in [0.5, 0.6) is 0 Å². The monoisotopic (exact) mass is 368 g/mol. The Hall–Kier alpha value is -3.09. The topological polar surface area (TPSA) is 71.2 Å². The van der Waals surface area contributed by atoms with E-state index in [-0.39, 0.29) is 23.9 Å². The molecule has 0 aliphatic carbocycles. The Balaban J connectivity index is 1.39. The largest absolute Gasteiger partial charge is 0.463 e. The highest BCUT2D eigenvalue weighted by atomic mass is 19.1. The number of hydrogen-bond acceptors (Lipinski definition) is 4. The molecule has 6 nitrogen and oxygen atoms in total. The second-order valence-corrected chi connectivity index (χ2v) is 6.70. The van der Waals surface area contributed by atoms with Gasteiger partial charge >= 0.3 is 6.03 Å². The summed E-state index contributed by atoms with van der Waals surface area (Å²) in [6, 6.07) is 14.3. The maximum atomic E-state index is 13.1. The van der Waals surface area contributed by atoms with Crippen LogP contribution < -0.4 is 15.5 Å². The molecule has 2 N–H and O–H groups in total. The Morgan fingerprint density at radius 3 is 2.19 bits per heavy atom. The van der Waals surface area contributed by atoms with Gasteiger partial charge in [0.25, 0.3) is 6.02 Å². The van der Waals surface area contributed by atoms with E-state index in [0.717, 1.165) is 18.5 Å². The van der Waals surface area contributed by atoms with Gasteiger partial charge in [0.1, 0.15) is 12.4 Å². The van der Waals surface area contributed by atoms with Gasteiger partial charge in [-0.3, -0.25) is 9.80 Å².